The highest BCUT2D eigenvalue weighted by Gasteiger charge is 2.23. The summed E-state index contributed by atoms with van der Waals surface area (Å²) in [4.78, 5) is 2.64. The van der Waals surface area contributed by atoms with Gasteiger partial charge in [-0.1, -0.05) is 32.6 Å². The van der Waals surface area contributed by atoms with Gasteiger partial charge in [-0.15, -0.1) is 0 Å². The van der Waals surface area contributed by atoms with Crippen LogP contribution in [0, 0.1) is 0 Å². The number of rotatable bonds is 5. The third-order valence-electron chi connectivity index (χ3n) is 3.78. The summed E-state index contributed by atoms with van der Waals surface area (Å²) in [6.07, 6.45) is 11.1. The van der Waals surface area contributed by atoms with Gasteiger partial charge in [0.25, 0.3) is 0 Å². The predicted octanol–water partition coefficient (Wildman–Crippen LogP) is 4.39. The minimum absolute atomic E-state index is 0.532. The lowest BCUT2D eigenvalue weighted by Crippen LogP contribution is -2.29. The van der Waals surface area contributed by atoms with Crippen LogP contribution in [0.1, 0.15) is 63.7 Å². The Balaban J connectivity index is 1.97. The fourth-order valence-corrected chi connectivity index (χ4v) is 2.80. The lowest BCUT2D eigenvalue weighted by atomic mass is 10.1. The van der Waals surface area contributed by atoms with Gasteiger partial charge in [0.1, 0.15) is 5.76 Å². The second-order valence-corrected chi connectivity index (χ2v) is 5.12. The van der Waals surface area contributed by atoms with E-state index in [2.05, 4.69) is 17.9 Å². The maximum Gasteiger partial charge on any atom is 0.120 e. The van der Waals surface area contributed by atoms with Crippen molar-refractivity contribution in [2.75, 3.05) is 13.1 Å². The van der Waals surface area contributed by atoms with E-state index >= 15 is 0 Å². The Morgan fingerprint density at radius 1 is 1.29 bits per heavy atom. The Morgan fingerprint density at radius 3 is 3.00 bits per heavy atom. The third kappa shape index (κ3) is 3.60. The molecule has 1 fully saturated rings. The smallest absolute Gasteiger partial charge is 0.120 e. The van der Waals surface area contributed by atoms with Crippen LogP contribution in [0.4, 0.5) is 0 Å². The van der Waals surface area contributed by atoms with Crippen molar-refractivity contribution in [3.63, 3.8) is 0 Å². The second kappa shape index (κ2) is 6.85. The van der Waals surface area contributed by atoms with Crippen molar-refractivity contribution in [2.45, 2.75) is 57.9 Å². The standard InChI is InChI=1S/C15H25NO/c1-2-3-6-11-16-12-7-4-5-9-14(16)15-10-8-13-17-15/h8,10,13-14H,2-7,9,11-12H2,1H3. The molecule has 0 aromatic carbocycles. The van der Waals surface area contributed by atoms with E-state index in [1.807, 2.05) is 12.3 Å². The van der Waals surface area contributed by atoms with Crippen molar-refractivity contribution >= 4 is 0 Å². The molecule has 17 heavy (non-hydrogen) atoms. The fraction of sp³-hybridized carbons (Fsp3) is 0.733. The molecule has 2 heteroatoms. The normalized spacial score (nSPS) is 22.5. The van der Waals surface area contributed by atoms with Crippen LogP contribution in [0.5, 0.6) is 0 Å². The van der Waals surface area contributed by atoms with Gasteiger partial charge in [0.05, 0.1) is 12.3 Å². The highest BCUT2D eigenvalue weighted by Crippen LogP contribution is 2.30. The zero-order valence-corrected chi connectivity index (χ0v) is 11.0. The van der Waals surface area contributed by atoms with Crippen LogP contribution in [0.15, 0.2) is 22.8 Å². The first-order valence-corrected chi connectivity index (χ1v) is 7.19. The molecular formula is C15H25NO. The first-order chi connectivity index (χ1) is 8.42. The van der Waals surface area contributed by atoms with Gasteiger partial charge in [0, 0.05) is 0 Å². The molecule has 1 aliphatic heterocycles. The molecule has 0 amide bonds. The van der Waals surface area contributed by atoms with Crippen molar-refractivity contribution in [1.82, 2.24) is 4.90 Å². The van der Waals surface area contributed by atoms with Gasteiger partial charge in [-0.05, 0) is 44.5 Å². The largest absolute Gasteiger partial charge is 0.468 e. The van der Waals surface area contributed by atoms with Gasteiger partial charge in [-0.3, -0.25) is 4.90 Å². The van der Waals surface area contributed by atoms with Crippen LogP contribution in [0.25, 0.3) is 0 Å². The zero-order valence-electron chi connectivity index (χ0n) is 11.0. The number of nitrogens with zero attached hydrogens (tertiary/aromatic N) is 1. The summed E-state index contributed by atoms with van der Waals surface area (Å²) >= 11 is 0. The van der Waals surface area contributed by atoms with E-state index in [-0.39, 0.29) is 0 Å². The van der Waals surface area contributed by atoms with Gasteiger partial charge in [0.2, 0.25) is 0 Å². The van der Waals surface area contributed by atoms with E-state index in [4.69, 9.17) is 4.42 Å². The van der Waals surface area contributed by atoms with E-state index in [0.717, 1.165) is 0 Å². The van der Waals surface area contributed by atoms with Crippen LogP contribution in [0.2, 0.25) is 0 Å². The maximum absolute atomic E-state index is 5.62. The Kier molecular flexibility index (Phi) is 5.11. The molecule has 0 N–H and O–H groups in total. The maximum atomic E-state index is 5.62. The van der Waals surface area contributed by atoms with Crippen LogP contribution < -0.4 is 0 Å². The average Bonchev–Trinajstić information content (AvgIpc) is 2.77. The first-order valence-electron chi connectivity index (χ1n) is 7.19. The Morgan fingerprint density at radius 2 is 2.24 bits per heavy atom. The summed E-state index contributed by atoms with van der Waals surface area (Å²) in [6, 6.07) is 4.69. The first kappa shape index (κ1) is 12.7. The number of unbranched alkanes of at least 4 members (excludes halogenated alkanes) is 2. The zero-order chi connectivity index (χ0) is 11.9. The minimum Gasteiger partial charge on any atom is -0.468 e. The summed E-state index contributed by atoms with van der Waals surface area (Å²) in [7, 11) is 0. The Bertz CT molecular complexity index is 294. The Labute approximate surface area is 105 Å². The fourth-order valence-electron chi connectivity index (χ4n) is 2.80. The molecule has 0 aliphatic carbocycles. The molecule has 1 aromatic rings. The lowest BCUT2D eigenvalue weighted by Gasteiger charge is -2.28. The molecule has 96 valence electrons. The van der Waals surface area contributed by atoms with Gasteiger partial charge >= 0.3 is 0 Å². The highest BCUT2D eigenvalue weighted by atomic mass is 16.3. The predicted molar refractivity (Wildman–Crippen MR) is 71.0 cm³/mol. The molecule has 0 spiro atoms. The summed E-state index contributed by atoms with van der Waals surface area (Å²) in [5.41, 5.74) is 0. The molecule has 1 unspecified atom stereocenters. The Hall–Kier alpha value is -0.760. The summed E-state index contributed by atoms with van der Waals surface area (Å²) in [6.45, 7) is 4.75. The lowest BCUT2D eigenvalue weighted by molar-refractivity contribution is 0.174. The molecular weight excluding hydrogens is 210 g/mol. The van der Waals surface area contributed by atoms with E-state index in [1.54, 1.807) is 0 Å². The minimum atomic E-state index is 0.532. The molecule has 1 aromatic heterocycles. The van der Waals surface area contributed by atoms with Crippen LogP contribution >= 0.6 is 0 Å². The molecule has 2 nitrogen and oxygen atoms in total. The van der Waals surface area contributed by atoms with Gasteiger partial charge in [0.15, 0.2) is 0 Å². The monoisotopic (exact) mass is 235 g/mol. The van der Waals surface area contributed by atoms with Crippen molar-refractivity contribution in [3.05, 3.63) is 24.2 Å². The van der Waals surface area contributed by atoms with E-state index < -0.39 is 0 Å². The van der Waals surface area contributed by atoms with Gasteiger partial charge < -0.3 is 4.42 Å². The summed E-state index contributed by atoms with van der Waals surface area (Å²) < 4.78 is 5.62. The molecule has 1 saturated heterocycles. The van der Waals surface area contributed by atoms with Crippen molar-refractivity contribution in [3.8, 4) is 0 Å². The van der Waals surface area contributed by atoms with Gasteiger partial charge in [-0.25, -0.2) is 0 Å². The topological polar surface area (TPSA) is 16.4 Å². The van der Waals surface area contributed by atoms with E-state index in [9.17, 15) is 0 Å². The molecule has 0 saturated carbocycles. The van der Waals surface area contributed by atoms with Crippen molar-refractivity contribution in [2.24, 2.45) is 0 Å². The number of furan rings is 1. The number of likely N-dealkylation sites (tertiary alicyclic amines) is 1. The van der Waals surface area contributed by atoms with Crippen LogP contribution in [0.3, 0.4) is 0 Å². The average molecular weight is 235 g/mol. The number of hydrogen-bond acceptors (Lipinski definition) is 2. The van der Waals surface area contributed by atoms with E-state index in [0.29, 0.717) is 6.04 Å². The summed E-state index contributed by atoms with van der Waals surface area (Å²) in [5.74, 6) is 1.17. The molecule has 0 bridgehead atoms. The molecule has 0 radical (unpaired) electrons. The van der Waals surface area contributed by atoms with Crippen molar-refractivity contribution in [1.29, 1.82) is 0 Å². The molecule has 2 heterocycles. The highest BCUT2D eigenvalue weighted by molar-refractivity contribution is 5.05. The molecule has 2 rings (SSSR count). The second-order valence-electron chi connectivity index (χ2n) is 5.12. The van der Waals surface area contributed by atoms with E-state index in [1.165, 1.54) is 63.8 Å². The SMILES string of the molecule is CCCCCN1CCCCCC1c1ccco1. The quantitative estimate of drug-likeness (QED) is 0.704. The van der Waals surface area contributed by atoms with Crippen LogP contribution in [-0.2, 0) is 0 Å². The third-order valence-corrected chi connectivity index (χ3v) is 3.78. The molecule has 1 aliphatic rings. The van der Waals surface area contributed by atoms with Gasteiger partial charge in [-0.2, -0.15) is 0 Å². The summed E-state index contributed by atoms with van der Waals surface area (Å²) in [5, 5.41) is 0. The van der Waals surface area contributed by atoms with Crippen molar-refractivity contribution < 1.29 is 4.42 Å². The molecule has 1 atom stereocenters. The number of hydrogen-bond donors (Lipinski definition) is 0. The van der Waals surface area contributed by atoms with Crippen LogP contribution in [-0.4, -0.2) is 18.0 Å².